The Morgan fingerprint density at radius 2 is 1.75 bits per heavy atom. The van der Waals surface area contributed by atoms with Crippen molar-refractivity contribution < 1.29 is 13.9 Å². The molecule has 1 aromatic carbocycles. The van der Waals surface area contributed by atoms with Gasteiger partial charge < -0.3 is 13.9 Å². The summed E-state index contributed by atoms with van der Waals surface area (Å²) in [4.78, 5) is 0. The summed E-state index contributed by atoms with van der Waals surface area (Å²) in [5.74, 6) is -0.375. The maximum absolute atomic E-state index is 6.65. The number of rotatable bonds is 4. The summed E-state index contributed by atoms with van der Waals surface area (Å²) in [6, 6.07) is 10.5. The molecule has 3 nitrogen and oxygen atoms in total. The number of benzene rings is 1. The SMILES string of the molecule is C[C@@H](O[Si](C)(C)C(C)(C)C)[C@H]1OC(C)(C)OC[C@@H]1c1ccccc1. The summed E-state index contributed by atoms with van der Waals surface area (Å²) in [6.07, 6.45) is 0.0181. The fraction of sp³-hybridized carbons (Fsp3) is 0.700. The third kappa shape index (κ3) is 4.48. The van der Waals surface area contributed by atoms with E-state index in [2.05, 4.69) is 65.1 Å². The van der Waals surface area contributed by atoms with Gasteiger partial charge in [0.15, 0.2) is 14.1 Å². The fourth-order valence-electron chi connectivity index (χ4n) is 2.95. The second-order valence-corrected chi connectivity index (χ2v) is 13.7. The Labute approximate surface area is 148 Å². The van der Waals surface area contributed by atoms with Crippen LogP contribution in [0.3, 0.4) is 0 Å². The van der Waals surface area contributed by atoms with Gasteiger partial charge in [-0.3, -0.25) is 0 Å². The summed E-state index contributed by atoms with van der Waals surface area (Å²) in [5, 5.41) is 0.185. The Morgan fingerprint density at radius 1 is 1.17 bits per heavy atom. The van der Waals surface area contributed by atoms with Crippen molar-refractivity contribution in [2.45, 2.75) is 83.6 Å². The summed E-state index contributed by atoms with van der Waals surface area (Å²) in [5.41, 5.74) is 1.25. The van der Waals surface area contributed by atoms with E-state index >= 15 is 0 Å². The molecular formula is C20H34O3Si. The molecule has 1 fully saturated rings. The second-order valence-electron chi connectivity index (χ2n) is 8.89. The molecule has 136 valence electrons. The Bertz CT molecular complexity index is 534. The van der Waals surface area contributed by atoms with Crippen LogP contribution < -0.4 is 0 Å². The minimum absolute atomic E-state index is 0.00900. The third-order valence-electron chi connectivity index (χ3n) is 5.40. The van der Waals surface area contributed by atoms with E-state index in [1.54, 1.807) is 0 Å². The normalized spacial score (nSPS) is 26.2. The lowest BCUT2D eigenvalue weighted by Gasteiger charge is -2.46. The molecule has 1 saturated heterocycles. The summed E-state index contributed by atoms with van der Waals surface area (Å²) in [6.45, 7) is 18.2. The minimum atomic E-state index is -1.85. The Balaban J connectivity index is 2.24. The monoisotopic (exact) mass is 350 g/mol. The Kier molecular flexibility index (Phi) is 5.65. The van der Waals surface area contributed by atoms with Gasteiger partial charge in [0, 0.05) is 5.92 Å². The van der Waals surface area contributed by atoms with Gasteiger partial charge in [-0.25, -0.2) is 0 Å². The summed E-state index contributed by atoms with van der Waals surface area (Å²) in [7, 11) is -1.85. The minimum Gasteiger partial charge on any atom is -0.412 e. The van der Waals surface area contributed by atoms with Crippen molar-refractivity contribution in [1.29, 1.82) is 0 Å². The summed E-state index contributed by atoms with van der Waals surface area (Å²) >= 11 is 0. The van der Waals surface area contributed by atoms with Gasteiger partial charge in [0.2, 0.25) is 0 Å². The molecule has 1 heterocycles. The highest BCUT2D eigenvalue weighted by atomic mass is 28.4. The van der Waals surface area contributed by atoms with E-state index in [1.165, 1.54) is 5.56 Å². The molecule has 3 atom stereocenters. The molecule has 24 heavy (non-hydrogen) atoms. The van der Waals surface area contributed by atoms with Crippen LogP contribution >= 0.6 is 0 Å². The van der Waals surface area contributed by atoms with Crippen molar-refractivity contribution in [2.24, 2.45) is 0 Å². The van der Waals surface area contributed by atoms with Gasteiger partial charge in [0.05, 0.1) is 18.8 Å². The van der Waals surface area contributed by atoms with Crippen LogP contribution in [0.4, 0.5) is 0 Å². The van der Waals surface area contributed by atoms with E-state index in [4.69, 9.17) is 13.9 Å². The molecule has 1 aliphatic rings. The topological polar surface area (TPSA) is 27.7 Å². The van der Waals surface area contributed by atoms with Gasteiger partial charge in [-0.05, 0) is 44.5 Å². The van der Waals surface area contributed by atoms with Gasteiger partial charge in [-0.2, -0.15) is 0 Å². The molecule has 0 aliphatic carbocycles. The van der Waals surface area contributed by atoms with Gasteiger partial charge in [0.1, 0.15) is 0 Å². The Morgan fingerprint density at radius 3 is 2.29 bits per heavy atom. The van der Waals surface area contributed by atoms with E-state index in [9.17, 15) is 0 Å². The van der Waals surface area contributed by atoms with Crippen LogP contribution in [0.5, 0.6) is 0 Å². The molecule has 2 rings (SSSR count). The van der Waals surface area contributed by atoms with Gasteiger partial charge >= 0.3 is 0 Å². The van der Waals surface area contributed by atoms with Crippen molar-refractivity contribution >= 4 is 8.32 Å². The third-order valence-corrected chi connectivity index (χ3v) is 9.98. The zero-order valence-electron chi connectivity index (χ0n) is 16.6. The maximum Gasteiger partial charge on any atom is 0.192 e. The van der Waals surface area contributed by atoms with Crippen LogP contribution in [0, 0.1) is 0 Å². The molecular weight excluding hydrogens is 316 g/mol. The van der Waals surface area contributed by atoms with Crippen LogP contribution in [-0.4, -0.2) is 32.9 Å². The van der Waals surface area contributed by atoms with Crippen LogP contribution in [0.25, 0.3) is 0 Å². The van der Waals surface area contributed by atoms with Crippen molar-refractivity contribution in [2.75, 3.05) is 6.61 Å². The molecule has 0 radical (unpaired) electrons. The molecule has 1 aliphatic heterocycles. The highest BCUT2D eigenvalue weighted by molar-refractivity contribution is 6.74. The van der Waals surface area contributed by atoms with E-state index in [0.717, 1.165) is 0 Å². The predicted molar refractivity (Wildman–Crippen MR) is 102 cm³/mol. The quantitative estimate of drug-likeness (QED) is 0.687. The van der Waals surface area contributed by atoms with E-state index < -0.39 is 14.1 Å². The van der Waals surface area contributed by atoms with Crippen molar-refractivity contribution in [3.8, 4) is 0 Å². The zero-order valence-corrected chi connectivity index (χ0v) is 17.6. The van der Waals surface area contributed by atoms with Crippen LogP contribution in [0.2, 0.25) is 18.1 Å². The van der Waals surface area contributed by atoms with Gasteiger partial charge in [0.25, 0.3) is 0 Å². The highest BCUT2D eigenvalue weighted by Gasteiger charge is 2.45. The average molecular weight is 351 g/mol. The molecule has 4 heteroatoms. The van der Waals surface area contributed by atoms with Crippen LogP contribution in [0.1, 0.15) is 53.0 Å². The molecule has 1 aromatic rings. The number of hydrogen-bond donors (Lipinski definition) is 0. The molecule has 0 saturated carbocycles. The lowest BCUT2D eigenvalue weighted by molar-refractivity contribution is -0.293. The first kappa shape index (κ1) is 19.6. The average Bonchev–Trinajstić information content (AvgIpc) is 2.45. The van der Waals surface area contributed by atoms with E-state index in [-0.39, 0.29) is 23.2 Å². The van der Waals surface area contributed by atoms with Crippen molar-refractivity contribution in [1.82, 2.24) is 0 Å². The molecule has 0 aromatic heterocycles. The number of ether oxygens (including phenoxy) is 2. The lowest BCUT2D eigenvalue weighted by Crippen LogP contribution is -2.53. The second kappa shape index (κ2) is 6.91. The molecule has 0 unspecified atom stereocenters. The largest absolute Gasteiger partial charge is 0.412 e. The van der Waals surface area contributed by atoms with Gasteiger partial charge in [-0.15, -0.1) is 0 Å². The Hall–Kier alpha value is -0.683. The van der Waals surface area contributed by atoms with Crippen molar-refractivity contribution in [3.05, 3.63) is 35.9 Å². The highest BCUT2D eigenvalue weighted by Crippen LogP contribution is 2.40. The standard InChI is InChI=1S/C20H34O3Si/c1-15(23-24(7,8)19(2,3)4)18-17(14-21-20(5,6)22-18)16-12-10-9-11-13-16/h9-13,15,17-18H,14H2,1-8H3/t15-,17-,18-/m1/s1. The summed E-state index contributed by atoms with van der Waals surface area (Å²) < 4.78 is 18.9. The lowest BCUT2D eigenvalue weighted by atomic mass is 9.90. The van der Waals surface area contributed by atoms with Gasteiger partial charge in [-0.1, -0.05) is 51.1 Å². The molecule has 0 N–H and O–H groups in total. The maximum atomic E-state index is 6.65. The zero-order chi connectivity index (χ0) is 18.2. The molecule has 0 bridgehead atoms. The molecule has 0 amide bonds. The van der Waals surface area contributed by atoms with E-state index in [1.807, 2.05) is 19.9 Å². The first-order valence-corrected chi connectivity index (χ1v) is 11.9. The van der Waals surface area contributed by atoms with Crippen LogP contribution in [0.15, 0.2) is 30.3 Å². The fourth-order valence-corrected chi connectivity index (χ4v) is 4.36. The molecule has 0 spiro atoms. The predicted octanol–water partition coefficient (Wildman–Crippen LogP) is 5.33. The number of hydrogen-bond acceptors (Lipinski definition) is 3. The van der Waals surface area contributed by atoms with E-state index in [0.29, 0.717) is 6.61 Å². The van der Waals surface area contributed by atoms with Crippen LogP contribution in [-0.2, 0) is 13.9 Å². The van der Waals surface area contributed by atoms with Crippen molar-refractivity contribution in [3.63, 3.8) is 0 Å². The smallest absolute Gasteiger partial charge is 0.192 e. The first-order chi connectivity index (χ1) is 10.9. The first-order valence-electron chi connectivity index (χ1n) is 8.97.